The zero-order valence-corrected chi connectivity index (χ0v) is 16.5. The van der Waals surface area contributed by atoms with E-state index in [0.717, 1.165) is 5.56 Å². The third-order valence-electron chi connectivity index (χ3n) is 4.58. The molecule has 0 N–H and O–H groups in total. The van der Waals surface area contributed by atoms with Crippen LogP contribution in [0.5, 0.6) is 0 Å². The summed E-state index contributed by atoms with van der Waals surface area (Å²) in [6.45, 7) is 4.75. The van der Waals surface area contributed by atoms with Crippen LogP contribution in [-0.2, 0) is 21.4 Å². The van der Waals surface area contributed by atoms with Crippen LogP contribution in [0.15, 0.2) is 33.7 Å². The van der Waals surface area contributed by atoms with Crippen molar-refractivity contribution >= 4 is 15.9 Å². The van der Waals surface area contributed by atoms with E-state index in [4.69, 9.17) is 9.26 Å². The Morgan fingerprint density at radius 3 is 2.52 bits per heavy atom. The molecular weight excluding hydrogens is 370 g/mol. The second-order valence-electron chi connectivity index (χ2n) is 6.48. The Morgan fingerprint density at radius 2 is 1.93 bits per heavy atom. The number of ether oxygens (including phenoxy) is 1. The fourth-order valence-electron chi connectivity index (χ4n) is 3.25. The van der Waals surface area contributed by atoms with Gasteiger partial charge in [-0.25, -0.2) is 8.42 Å². The summed E-state index contributed by atoms with van der Waals surface area (Å²) in [6.07, 6.45) is 0. The maximum atomic E-state index is 12.9. The standard InChI is InChI=1S/C18H23N3O5S/c1-13-17(14(2)26-19-13)27(23,24)21-9-7-20(8-10-21)18(22)16-6-4-5-15(11-16)12-25-3/h4-6,11H,7-10,12H2,1-3H3. The number of carbonyl (C=O) groups is 1. The number of nitrogens with zero attached hydrogens (tertiary/aromatic N) is 3. The number of methoxy groups -OCH3 is 1. The summed E-state index contributed by atoms with van der Waals surface area (Å²) in [6, 6.07) is 7.28. The minimum Gasteiger partial charge on any atom is -0.380 e. The molecule has 0 unspecified atom stereocenters. The lowest BCUT2D eigenvalue weighted by atomic mass is 10.1. The predicted octanol–water partition coefficient (Wildman–Crippen LogP) is 1.58. The van der Waals surface area contributed by atoms with Crippen LogP contribution >= 0.6 is 0 Å². The molecule has 0 radical (unpaired) electrons. The van der Waals surface area contributed by atoms with E-state index >= 15 is 0 Å². The third kappa shape index (κ3) is 3.90. The second-order valence-corrected chi connectivity index (χ2v) is 8.36. The van der Waals surface area contributed by atoms with E-state index in [1.807, 2.05) is 12.1 Å². The number of sulfonamides is 1. The highest BCUT2D eigenvalue weighted by Crippen LogP contribution is 2.24. The number of rotatable bonds is 5. The van der Waals surface area contributed by atoms with Gasteiger partial charge in [-0.15, -0.1) is 0 Å². The van der Waals surface area contributed by atoms with Gasteiger partial charge in [0.15, 0.2) is 5.76 Å². The van der Waals surface area contributed by atoms with E-state index in [1.54, 1.807) is 38.0 Å². The van der Waals surface area contributed by atoms with Gasteiger partial charge in [-0.1, -0.05) is 17.3 Å². The predicted molar refractivity (Wildman–Crippen MR) is 97.8 cm³/mol. The largest absolute Gasteiger partial charge is 0.380 e. The molecule has 0 aliphatic carbocycles. The smallest absolute Gasteiger partial charge is 0.253 e. The fourth-order valence-corrected chi connectivity index (χ4v) is 4.96. The Bertz CT molecular complexity index is 911. The van der Waals surface area contributed by atoms with Crippen LogP contribution in [0.1, 0.15) is 27.4 Å². The van der Waals surface area contributed by atoms with Gasteiger partial charge in [0.05, 0.1) is 6.61 Å². The van der Waals surface area contributed by atoms with E-state index in [0.29, 0.717) is 31.0 Å². The zero-order valence-electron chi connectivity index (χ0n) is 15.6. The molecule has 2 heterocycles. The van der Waals surface area contributed by atoms with Crippen molar-refractivity contribution in [3.05, 3.63) is 46.8 Å². The molecule has 1 saturated heterocycles. The van der Waals surface area contributed by atoms with Crippen LogP contribution in [0.2, 0.25) is 0 Å². The van der Waals surface area contributed by atoms with Crippen molar-refractivity contribution in [2.45, 2.75) is 25.3 Å². The Labute approximate surface area is 158 Å². The van der Waals surface area contributed by atoms with Crippen LogP contribution in [0.25, 0.3) is 0 Å². The molecule has 8 nitrogen and oxygen atoms in total. The van der Waals surface area contributed by atoms with Crippen LogP contribution in [-0.4, -0.2) is 62.0 Å². The van der Waals surface area contributed by atoms with Gasteiger partial charge in [0, 0.05) is 38.9 Å². The molecule has 3 rings (SSSR count). The molecule has 0 saturated carbocycles. The highest BCUT2D eigenvalue weighted by Gasteiger charge is 2.34. The summed E-state index contributed by atoms with van der Waals surface area (Å²) in [5.74, 6) is 0.170. The van der Waals surface area contributed by atoms with Crippen molar-refractivity contribution in [1.29, 1.82) is 0 Å². The molecule has 146 valence electrons. The Kier molecular flexibility index (Phi) is 5.64. The number of carbonyl (C=O) groups excluding carboxylic acids is 1. The van der Waals surface area contributed by atoms with Crippen LogP contribution in [0, 0.1) is 13.8 Å². The maximum absolute atomic E-state index is 12.9. The number of hydrogen-bond donors (Lipinski definition) is 0. The van der Waals surface area contributed by atoms with Gasteiger partial charge in [-0.2, -0.15) is 4.31 Å². The van der Waals surface area contributed by atoms with E-state index in [-0.39, 0.29) is 29.7 Å². The van der Waals surface area contributed by atoms with Crippen molar-refractivity contribution in [1.82, 2.24) is 14.4 Å². The summed E-state index contributed by atoms with van der Waals surface area (Å²) in [5, 5.41) is 3.73. The van der Waals surface area contributed by atoms with Gasteiger partial charge in [0.25, 0.3) is 5.91 Å². The number of amides is 1. The Hall–Kier alpha value is -2.23. The normalized spacial score (nSPS) is 15.9. The van der Waals surface area contributed by atoms with Gasteiger partial charge >= 0.3 is 0 Å². The number of aromatic nitrogens is 1. The Morgan fingerprint density at radius 1 is 1.22 bits per heavy atom. The van der Waals surface area contributed by atoms with Crippen molar-refractivity contribution in [2.24, 2.45) is 0 Å². The monoisotopic (exact) mass is 393 g/mol. The van der Waals surface area contributed by atoms with Gasteiger partial charge < -0.3 is 14.2 Å². The summed E-state index contributed by atoms with van der Waals surface area (Å²) >= 11 is 0. The van der Waals surface area contributed by atoms with Crippen LogP contribution in [0.4, 0.5) is 0 Å². The zero-order chi connectivity index (χ0) is 19.6. The molecule has 2 aromatic rings. The highest BCUT2D eigenvalue weighted by molar-refractivity contribution is 7.89. The minimum atomic E-state index is -3.69. The van der Waals surface area contributed by atoms with Gasteiger partial charge in [-0.05, 0) is 31.5 Å². The number of piperazine rings is 1. The summed E-state index contributed by atoms with van der Waals surface area (Å²) in [5.41, 5.74) is 1.84. The van der Waals surface area contributed by atoms with Crippen molar-refractivity contribution in [3.8, 4) is 0 Å². The molecular formula is C18H23N3O5S. The molecule has 0 bridgehead atoms. The molecule has 1 aromatic heterocycles. The highest BCUT2D eigenvalue weighted by atomic mass is 32.2. The summed E-state index contributed by atoms with van der Waals surface area (Å²) in [4.78, 5) is 14.5. The van der Waals surface area contributed by atoms with E-state index < -0.39 is 10.0 Å². The first-order valence-electron chi connectivity index (χ1n) is 8.64. The summed E-state index contributed by atoms with van der Waals surface area (Å²) in [7, 11) is -2.08. The topological polar surface area (TPSA) is 93.0 Å². The SMILES string of the molecule is COCc1cccc(C(=O)N2CCN(S(=O)(=O)c3c(C)noc3C)CC2)c1. The lowest BCUT2D eigenvalue weighted by molar-refractivity contribution is 0.0697. The van der Waals surface area contributed by atoms with E-state index in [1.165, 1.54) is 4.31 Å². The van der Waals surface area contributed by atoms with Crippen molar-refractivity contribution < 1.29 is 22.5 Å². The van der Waals surface area contributed by atoms with Crippen molar-refractivity contribution in [2.75, 3.05) is 33.3 Å². The van der Waals surface area contributed by atoms with Gasteiger partial charge in [0.2, 0.25) is 10.0 Å². The molecule has 1 fully saturated rings. The van der Waals surface area contributed by atoms with Crippen LogP contribution < -0.4 is 0 Å². The fraction of sp³-hybridized carbons (Fsp3) is 0.444. The Balaban J connectivity index is 1.70. The molecule has 9 heteroatoms. The quantitative estimate of drug-likeness (QED) is 0.766. The molecule has 1 aliphatic rings. The van der Waals surface area contributed by atoms with Crippen LogP contribution in [0.3, 0.4) is 0 Å². The first kappa shape index (κ1) is 19.5. The minimum absolute atomic E-state index is 0.109. The summed E-state index contributed by atoms with van der Waals surface area (Å²) < 4.78 is 37.2. The second kappa shape index (κ2) is 7.79. The van der Waals surface area contributed by atoms with E-state index in [9.17, 15) is 13.2 Å². The third-order valence-corrected chi connectivity index (χ3v) is 6.72. The van der Waals surface area contributed by atoms with Crippen molar-refractivity contribution in [3.63, 3.8) is 0 Å². The maximum Gasteiger partial charge on any atom is 0.253 e. The lowest BCUT2D eigenvalue weighted by Gasteiger charge is -2.34. The molecule has 0 spiro atoms. The molecule has 1 amide bonds. The molecule has 1 aromatic carbocycles. The molecule has 27 heavy (non-hydrogen) atoms. The average Bonchev–Trinajstić information content (AvgIpc) is 3.01. The average molecular weight is 393 g/mol. The lowest BCUT2D eigenvalue weighted by Crippen LogP contribution is -2.50. The van der Waals surface area contributed by atoms with Gasteiger partial charge in [0.1, 0.15) is 10.6 Å². The molecule has 1 aliphatic heterocycles. The number of benzene rings is 1. The number of aryl methyl sites for hydroxylation is 2. The van der Waals surface area contributed by atoms with E-state index in [2.05, 4.69) is 5.16 Å². The van der Waals surface area contributed by atoms with Gasteiger partial charge in [-0.3, -0.25) is 4.79 Å². The molecule has 0 atom stereocenters. The number of hydrogen-bond acceptors (Lipinski definition) is 6. The first-order valence-corrected chi connectivity index (χ1v) is 10.1. The first-order chi connectivity index (χ1) is 12.8.